The Bertz CT molecular complexity index is 1000. The van der Waals surface area contributed by atoms with E-state index in [4.69, 9.17) is 4.42 Å². The van der Waals surface area contributed by atoms with Crippen molar-refractivity contribution in [2.75, 3.05) is 25.0 Å². The monoisotopic (exact) mass is 447 g/mol. The van der Waals surface area contributed by atoms with Crippen molar-refractivity contribution in [2.45, 2.75) is 39.7 Å². The summed E-state index contributed by atoms with van der Waals surface area (Å²) in [5, 5.41) is 2.90. The molecule has 0 radical (unpaired) electrons. The van der Waals surface area contributed by atoms with E-state index in [9.17, 15) is 9.59 Å². The number of para-hydroxylation sites is 1. The Morgan fingerprint density at radius 1 is 0.879 bits per heavy atom. The minimum absolute atomic E-state index is 0.0210. The van der Waals surface area contributed by atoms with Crippen LogP contribution in [0.1, 0.15) is 36.8 Å². The maximum Gasteiger partial charge on any atom is 0.322 e. The van der Waals surface area contributed by atoms with E-state index in [1.165, 1.54) is 0 Å². The number of nitrogens with one attached hydrogen (secondary N) is 1. The first-order valence-corrected chi connectivity index (χ1v) is 11.5. The SMILES string of the molecule is CCCCN(CC(=O)N(CCc1ccccc1)Cc1ccc(C)o1)C(=O)Nc1ccccc1. The maximum atomic E-state index is 13.4. The fourth-order valence-corrected chi connectivity index (χ4v) is 3.55. The molecule has 0 unspecified atom stereocenters. The van der Waals surface area contributed by atoms with Crippen LogP contribution >= 0.6 is 0 Å². The van der Waals surface area contributed by atoms with E-state index in [2.05, 4.69) is 24.4 Å². The number of carbonyl (C=O) groups excluding carboxylic acids is 2. The molecule has 0 aliphatic rings. The Labute approximate surface area is 196 Å². The van der Waals surface area contributed by atoms with Crippen molar-refractivity contribution in [1.82, 2.24) is 9.80 Å². The molecule has 1 aromatic heterocycles. The first kappa shape index (κ1) is 24.1. The van der Waals surface area contributed by atoms with Gasteiger partial charge in [0.05, 0.1) is 6.54 Å². The number of carbonyl (C=O) groups is 2. The predicted octanol–water partition coefficient (Wildman–Crippen LogP) is 5.49. The smallest absolute Gasteiger partial charge is 0.322 e. The van der Waals surface area contributed by atoms with E-state index in [0.29, 0.717) is 25.3 Å². The first-order valence-electron chi connectivity index (χ1n) is 11.5. The van der Waals surface area contributed by atoms with Crippen molar-refractivity contribution < 1.29 is 14.0 Å². The van der Waals surface area contributed by atoms with Gasteiger partial charge in [-0.1, -0.05) is 61.9 Å². The molecule has 0 bridgehead atoms. The molecule has 0 atom stereocenters. The normalized spacial score (nSPS) is 10.6. The Morgan fingerprint density at radius 2 is 1.58 bits per heavy atom. The number of hydrogen-bond acceptors (Lipinski definition) is 3. The molecule has 3 rings (SSSR count). The third kappa shape index (κ3) is 7.83. The van der Waals surface area contributed by atoms with Gasteiger partial charge in [0.1, 0.15) is 18.1 Å². The average molecular weight is 448 g/mol. The number of rotatable bonds is 11. The summed E-state index contributed by atoms with van der Waals surface area (Å²) in [6.07, 6.45) is 2.50. The number of anilines is 1. The summed E-state index contributed by atoms with van der Waals surface area (Å²) in [6, 6.07) is 22.9. The summed E-state index contributed by atoms with van der Waals surface area (Å²) in [7, 11) is 0. The molecule has 0 aliphatic carbocycles. The largest absolute Gasteiger partial charge is 0.464 e. The average Bonchev–Trinajstić information content (AvgIpc) is 3.25. The van der Waals surface area contributed by atoms with Gasteiger partial charge >= 0.3 is 6.03 Å². The summed E-state index contributed by atoms with van der Waals surface area (Å²) in [6.45, 7) is 5.42. The van der Waals surface area contributed by atoms with Crippen LogP contribution in [-0.2, 0) is 17.8 Å². The maximum absolute atomic E-state index is 13.4. The zero-order valence-corrected chi connectivity index (χ0v) is 19.5. The van der Waals surface area contributed by atoms with E-state index < -0.39 is 0 Å². The number of unbranched alkanes of at least 4 members (excludes halogenated alkanes) is 1. The summed E-state index contributed by atoms with van der Waals surface area (Å²) in [4.78, 5) is 29.7. The number of benzene rings is 2. The van der Waals surface area contributed by atoms with Crippen molar-refractivity contribution in [3.8, 4) is 0 Å². The molecular weight excluding hydrogens is 414 g/mol. The van der Waals surface area contributed by atoms with Crippen LogP contribution < -0.4 is 5.32 Å². The molecule has 1 N–H and O–H groups in total. The number of aryl methyl sites for hydroxylation is 1. The first-order chi connectivity index (χ1) is 16.0. The second-order valence-corrected chi connectivity index (χ2v) is 8.13. The van der Waals surface area contributed by atoms with Gasteiger partial charge in [-0.3, -0.25) is 4.79 Å². The Morgan fingerprint density at radius 3 is 2.21 bits per heavy atom. The summed E-state index contributed by atoms with van der Waals surface area (Å²) >= 11 is 0. The van der Waals surface area contributed by atoms with Crippen LogP contribution in [0.4, 0.5) is 10.5 Å². The summed E-state index contributed by atoms with van der Waals surface area (Å²) in [5.74, 6) is 1.45. The van der Waals surface area contributed by atoms with E-state index in [1.54, 1.807) is 9.80 Å². The highest BCUT2D eigenvalue weighted by Gasteiger charge is 2.22. The number of furan rings is 1. The molecule has 6 nitrogen and oxygen atoms in total. The minimum atomic E-state index is -0.264. The molecule has 174 valence electrons. The fourth-order valence-electron chi connectivity index (χ4n) is 3.55. The Kier molecular flexibility index (Phi) is 9.12. The standard InChI is InChI=1S/C27H33N3O3/c1-3-4-18-30(27(32)28-24-13-9-6-10-14-24)21-26(31)29(20-25-16-15-22(2)33-25)19-17-23-11-7-5-8-12-23/h5-16H,3-4,17-21H2,1-2H3,(H,28,32). The van der Waals surface area contributed by atoms with Crippen LogP contribution in [-0.4, -0.2) is 41.4 Å². The molecule has 33 heavy (non-hydrogen) atoms. The van der Waals surface area contributed by atoms with Crippen LogP contribution in [0, 0.1) is 6.92 Å². The van der Waals surface area contributed by atoms with Crippen LogP contribution in [0.3, 0.4) is 0 Å². The lowest BCUT2D eigenvalue weighted by atomic mass is 10.1. The summed E-state index contributed by atoms with van der Waals surface area (Å²) < 4.78 is 5.73. The highest BCUT2D eigenvalue weighted by Crippen LogP contribution is 2.13. The van der Waals surface area contributed by atoms with Crippen LogP contribution in [0.5, 0.6) is 0 Å². The molecule has 0 fully saturated rings. The lowest BCUT2D eigenvalue weighted by Gasteiger charge is -2.27. The quantitative estimate of drug-likeness (QED) is 0.422. The van der Waals surface area contributed by atoms with Crippen molar-refractivity contribution >= 4 is 17.6 Å². The van der Waals surface area contributed by atoms with Gasteiger partial charge in [0.25, 0.3) is 0 Å². The zero-order valence-electron chi connectivity index (χ0n) is 19.5. The van der Waals surface area contributed by atoms with Gasteiger partial charge in [-0.2, -0.15) is 0 Å². The van der Waals surface area contributed by atoms with Crippen LogP contribution in [0.25, 0.3) is 0 Å². The molecule has 3 aromatic rings. The van der Waals surface area contributed by atoms with Gasteiger partial charge < -0.3 is 19.5 Å². The number of amides is 3. The number of nitrogens with zero attached hydrogens (tertiary/aromatic N) is 2. The van der Waals surface area contributed by atoms with E-state index in [0.717, 1.165) is 36.3 Å². The molecule has 0 spiro atoms. The summed E-state index contributed by atoms with van der Waals surface area (Å²) in [5.41, 5.74) is 1.87. The third-order valence-electron chi connectivity index (χ3n) is 5.43. The number of hydrogen-bond donors (Lipinski definition) is 1. The van der Waals surface area contributed by atoms with E-state index in [-0.39, 0.29) is 18.5 Å². The van der Waals surface area contributed by atoms with Crippen molar-refractivity contribution in [1.29, 1.82) is 0 Å². The molecule has 0 saturated carbocycles. The second kappa shape index (κ2) is 12.5. The fraction of sp³-hybridized carbons (Fsp3) is 0.333. The van der Waals surface area contributed by atoms with Gasteiger partial charge in [0.15, 0.2) is 0 Å². The Balaban J connectivity index is 1.70. The van der Waals surface area contributed by atoms with E-state index >= 15 is 0 Å². The number of urea groups is 1. The van der Waals surface area contributed by atoms with Gasteiger partial charge in [-0.25, -0.2) is 4.79 Å². The van der Waals surface area contributed by atoms with E-state index in [1.807, 2.05) is 67.6 Å². The van der Waals surface area contributed by atoms with Crippen molar-refractivity contribution in [2.24, 2.45) is 0 Å². The molecule has 3 amide bonds. The highest BCUT2D eigenvalue weighted by atomic mass is 16.3. The van der Waals surface area contributed by atoms with Crippen molar-refractivity contribution in [3.05, 3.63) is 89.9 Å². The van der Waals surface area contributed by atoms with Gasteiger partial charge in [0.2, 0.25) is 5.91 Å². The van der Waals surface area contributed by atoms with Gasteiger partial charge in [-0.15, -0.1) is 0 Å². The topological polar surface area (TPSA) is 65.8 Å². The van der Waals surface area contributed by atoms with Gasteiger partial charge in [-0.05, 0) is 49.6 Å². The highest BCUT2D eigenvalue weighted by molar-refractivity contribution is 5.92. The molecule has 6 heteroatoms. The molecule has 0 aliphatic heterocycles. The zero-order chi connectivity index (χ0) is 23.5. The minimum Gasteiger partial charge on any atom is -0.464 e. The Hall–Kier alpha value is -3.54. The predicted molar refractivity (Wildman–Crippen MR) is 131 cm³/mol. The van der Waals surface area contributed by atoms with Crippen LogP contribution in [0.2, 0.25) is 0 Å². The lowest BCUT2D eigenvalue weighted by Crippen LogP contribution is -2.45. The van der Waals surface area contributed by atoms with Crippen molar-refractivity contribution in [3.63, 3.8) is 0 Å². The third-order valence-corrected chi connectivity index (χ3v) is 5.43. The molecule has 0 saturated heterocycles. The molecule has 2 aromatic carbocycles. The van der Waals surface area contributed by atoms with Gasteiger partial charge in [0, 0.05) is 18.8 Å². The molecular formula is C27H33N3O3. The second-order valence-electron chi connectivity index (χ2n) is 8.13. The lowest BCUT2D eigenvalue weighted by molar-refractivity contribution is -0.132. The molecule has 1 heterocycles. The van der Waals surface area contributed by atoms with Crippen LogP contribution in [0.15, 0.2) is 77.2 Å².